The molecule has 0 atom stereocenters. The molecule has 0 heterocycles. The average molecular weight is 137 g/mol. The summed E-state index contributed by atoms with van der Waals surface area (Å²) < 4.78 is 0. The molecule has 1 aliphatic rings. The normalized spacial score (nSPS) is 21.9. The lowest BCUT2D eigenvalue weighted by Gasteiger charge is -2.05. The van der Waals surface area contributed by atoms with E-state index in [-0.39, 0.29) is 0 Å². The van der Waals surface area contributed by atoms with E-state index in [0.29, 0.717) is 0 Å². The van der Waals surface area contributed by atoms with Gasteiger partial charge in [0.15, 0.2) is 0 Å². The first-order chi connectivity index (χ1) is 4.93. The van der Waals surface area contributed by atoms with Gasteiger partial charge in [-0.05, 0) is 19.3 Å². The first-order valence-corrected chi connectivity index (χ1v) is 4.10. The smallest absolute Gasteiger partial charge is 0.0386 e. The molecule has 0 aromatic carbocycles. The largest absolute Gasteiger partial charge is 0.294 e. The molecule has 1 nitrogen and oxygen atoms in total. The summed E-state index contributed by atoms with van der Waals surface area (Å²) >= 11 is 0. The molecule has 0 radical (unpaired) electrons. The van der Waals surface area contributed by atoms with Gasteiger partial charge < -0.3 is 0 Å². The van der Waals surface area contributed by atoms with Crippen LogP contribution in [0.5, 0.6) is 0 Å². The molecule has 0 saturated carbocycles. The molecule has 56 valence electrons. The Kier molecular flexibility index (Phi) is 3.20. The number of allylic oxidation sites excluding steroid dienone is 2. The second-order valence-corrected chi connectivity index (χ2v) is 2.66. The third kappa shape index (κ3) is 2.34. The van der Waals surface area contributed by atoms with Gasteiger partial charge in [-0.15, -0.1) is 0 Å². The Balaban J connectivity index is 2.33. The van der Waals surface area contributed by atoms with E-state index < -0.39 is 0 Å². The van der Waals surface area contributed by atoms with Crippen LogP contribution in [-0.2, 0) is 0 Å². The third-order valence-corrected chi connectivity index (χ3v) is 1.68. The molecule has 0 unspecified atom stereocenters. The zero-order valence-corrected chi connectivity index (χ0v) is 6.64. The van der Waals surface area contributed by atoms with Crippen LogP contribution in [0.4, 0.5) is 0 Å². The highest BCUT2D eigenvalue weighted by molar-refractivity contribution is 5.86. The van der Waals surface area contributed by atoms with Crippen molar-refractivity contribution < 1.29 is 0 Å². The van der Waals surface area contributed by atoms with Crippen molar-refractivity contribution in [1.82, 2.24) is 0 Å². The van der Waals surface area contributed by atoms with Crippen LogP contribution in [0.15, 0.2) is 17.1 Å². The van der Waals surface area contributed by atoms with E-state index in [9.17, 15) is 0 Å². The van der Waals surface area contributed by atoms with Gasteiger partial charge in [0.05, 0.1) is 0 Å². The molecule has 0 N–H and O–H groups in total. The van der Waals surface area contributed by atoms with Crippen molar-refractivity contribution in [2.45, 2.75) is 32.6 Å². The van der Waals surface area contributed by atoms with E-state index in [2.05, 4.69) is 24.1 Å². The highest BCUT2D eigenvalue weighted by Gasteiger charge is 1.99. The monoisotopic (exact) mass is 137 g/mol. The Morgan fingerprint density at radius 2 is 2.40 bits per heavy atom. The molecule has 1 rings (SSSR count). The maximum Gasteiger partial charge on any atom is 0.0386 e. The lowest BCUT2D eigenvalue weighted by Crippen LogP contribution is -2.00. The summed E-state index contributed by atoms with van der Waals surface area (Å²) in [6.07, 6.45) is 9.12. The predicted octanol–water partition coefficient (Wildman–Crippen LogP) is 2.58. The lowest BCUT2D eigenvalue weighted by atomic mass is 10.1. The minimum atomic E-state index is 1.02. The van der Waals surface area contributed by atoms with Crippen LogP contribution in [0.2, 0.25) is 0 Å². The quantitative estimate of drug-likeness (QED) is 0.519. The fourth-order valence-corrected chi connectivity index (χ4v) is 1.10. The van der Waals surface area contributed by atoms with Crippen molar-refractivity contribution in [2.24, 2.45) is 4.99 Å². The topological polar surface area (TPSA) is 12.4 Å². The van der Waals surface area contributed by atoms with Gasteiger partial charge in [0.2, 0.25) is 0 Å². The second kappa shape index (κ2) is 4.26. The van der Waals surface area contributed by atoms with E-state index >= 15 is 0 Å². The molecule has 0 aromatic rings. The maximum absolute atomic E-state index is 4.47. The summed E-state index contributed by atoms with van der Waals surface area (Å²) in [6.45, 7) is 3.19. The van der Waals surface area contributed by atoms with Crippen LogP contribution in [0.1, 0.15) is 32.6 Å². The number of hydrogen-bond donors (Lipinski definition) is 0. The molecular formula is C9H15N. The second-order valence-electron chi connectivity index (χ2n) is 2.66. The minimum Gasteiger partial charge on any atom is -0.294 e. The van der Waals surface area contributed by atoms with Crippen LogP contribution in [0.3, 0.4) is 0 Å². The van der Waals surface area contributed by atoms with Crippen molar-refractivity contribution in [3.8, 4) is 0 Å². The first kappa shape index (κ1) is 7.52. The van der Waals surface area contributed by atoms with E-state index in [1.165, 1.54) is 25.0 Å². The van der Waals surface area contributed by atoms with Gasteiger partial charge in [0, 0.05) is 18.7 Å². The molecule has 0 fully saturated rings. The van der Waals surface area contributed by atoms with Gasteiger partial charge in [-0.2, -0.15) is 0 Å². The minimum absolute atomic E-state index is 1.02. The molecular weight excluding hydrogens is 122 g/mol. The summed E-state index contributed by atoms with van der Waals surface area (Å²) in [7, 11) is 0. The predicted molar refractivity (Wildman–Crippen MR) is 45.6 cm³/mol. The highest BCUT2D eigenvalue weighted by Crippen LogP contribution is 2.07. The van der Waals surface area contributed by atoms with E-state index in [4.69, 9.17) is 0 Å². The van der Waals surface area contributed by atoms with Gasteiger partial charge in [0.25, 0.3) is 0 Å². The highest BCUT2D eigenvalue weighted by atomic mass is 14.7. The van der Waals surface area contributed by atoms with Gasteiger partial charge in [-0.1, -0.05) is 19.1 Å². The summed E-state index contributed by atoms with van der Waals surface area (Å²) in [5, 5.41) is 0. The number of aliphatic imine (C=N–C) groups is 1. The molecule has 0 aromatic heterocycles. The zero-order valence-electron chi connectivity index (χ0n) is 6.64. The molecule has 0 spiro atoms. The summed E-state index contributed by atoms with van der Waals surface area (Å²) in [4.78, 5) is 4.47. The van der Waals surface area contributed by atoms with E-state index in [1.807, 2.05) is 0 Å². The molecule has 0 aliphatic heterocycles. The maximum atomic E-state index is 4.47. The molecule has 0 bridgehead atoms. The lowest BCUT2D eigenvalue weighted by molar-refractivity contribution is 0.907. The van der Waals surface area contributed by atoms with Crippen LogP contribution in [0, 0.1) is 0 Å². The Labute approximate surface area is 62.9 Å². The molecule has 0 saturated heterocycles. The third-order valence-electron chi connectivity index (χ3n) is 1.68. The van der Waals surface area contributed by atoms with Gasteiger partial charge in [0.1, 0.15) is 0 Å². The zero-order chi connectivity index (χ0) is 7.23. The van der Waals surface area contributed by atoms with Gasteiger partial charge in [-0.25, -0.2) is 0 Å². The van der Waals surface area contributed by atoms with E-state index in [1.54, 1.807) is 0 Å². The van der Waals surface area contributed by atoms with Crippen molar-refractivity contribution in [3.63, 3.8) is 0 Å². The Bertz CT molecular complexity index is 145. The average Bonchev–Trinajstić information content (AvgIpc) is 2.03. The van der Waals surface area contributed by atoms with Crippen LogP contribution >= 0.6 is 0 Å². The first-order valence-electron chi connectivity index (χ1n) is 4.10. The van der Waals surface area contributed by atoms with Crippen molar-refractivity contribution >= 4 is 5.71 Å². The van der Waals surface area contributed by atoms with Gasteiger partial charge in [-0.3, -0.25) is 4.99 Å². The standard InChI is InChI=1S/C9H15N/c1-2-8-10-9-6-4-3-5-7-9/h3-4H,2,5-8H2,1H3. The number of nitrogens with zero attached hydrogens (tertiary/aromatic N) is 1. The van der Waals surface area contributed by atoms with Crippen LogP contribution in [0.25, 0.3) is 0 Å². The summed E-state index contributed by atoms with van der Waals surface area (Å²) in [5.41, 5.74) is 1.39. The molecule has 1 aliphatic carbocycles. The summed E-state index contributed by atoms with van der Waals surface area (Å²) in [5.74, 6) is 0. The number of rotatable bonds is 2. The fraction of sp³-hybridized carbons (Fsp3) is 0.667. The Morgan fingerprint density at radius 3 is 3.00 bits per heavy atom. The summed E-state index contributed by atoms with van der Waals surface area (Å²) in [6, 6.07) is 0. The van der Waals surface area contributed by atoms with Crippen molar-refractivity contribution in [1.29, 1.82) is 0 Å². The van der Waals surface area contributed by atoms with Crippen molar-refractivity contribution in [2.75, 3.05) is 6.54 Å². The molecule has 10 heavy (non-hydrogen) atoms. The van der Waals surface area contributed by atoms with E-state index in [0.717, 1.165) is 13.0 Å². The fourth-order valence-electron chi connectivity index (χ4n) is 1.10. The van der Waals surface area contributed by atoms with Crippen LogP contribution in [-0.4, -0.2) is 12.3 Å². The Hall–Kier alpha value is -0.590. The number of hydrogen-bond acceptors (Lipinski definition) is 1. The van der Waals surface area contributed by atoms with Crippen LogP contribution < -0.4 is 0 Å². The molecule has 1 heteroatoms. The SMILES string of the molecule is CCCN=C1CC=CCC1. The van der Waals surface area contributed by atoms with Gasteiger partial charge >= 0.3 is 0 Å². The van der Waals surface area contributed by atoms with Crippen molar-refractivity contribution in [3.05, 3.63) is 12.2 Å². The molecule has 0 amide bonds. The Morgan fingerprint density at radius 1 is 1.50 bits per heavy atom.